The Bertz CT molecular complexity index is 3330. The van der Waals surface area contributed by atoms with Gasteiger partial charge in [-0.25, -0.2) is 9.97 Å². The molecule has 82 heavy (non-hydrogen) atoms. The Morgan fingerprint density at radius 1 is 0.305 bits per heavy atom. The van der Waals surface area contributed by atoms with E-state index >= 15 is 0 Å². The van der Waals surface area contributed by atoms with Crippen LogP contribution in [0, 0.1) is 0 Å². The molecule has 0 atom stereocenters. The number of hydrogen-bond donors (Lipinski definition) is 0. The third kappa shape index (κ3) is 16.4. The fraction of sp³-hybridized carbons (Fsp3) is 0.278. The molecule has 0 saturated carbocycles. The number of hydrogen-bond acceptors (Lipinski definition) is 8. The summed E-state index contributed by atoms with van der Waals surface area (Å²) in [5.41, 5.74) is 21.8. The average Bonchev–Trinajstić information content (AvgIpc) is 3.67. The first kappa shape index (κ1) is 65.5. The van der Waals surface area contributed by atoms with Crippen molar-refractivity contribution < 1.29 is 43.8 Å². The molecule has 0 fully saturated rings. The molecular weight excluding hydrogens is 1100 g/mol. The van der Waals surface area contributed by atoms with Crippen molar-refractivity contribution in [2.45, 2.75) is 134 Å². The van der Waals surface area contributed by atoms with Crippen molar-refractivity contribution in [2.75, 3.05) is 0 Å². The summed E-state index contributed by atoms with van der Waals surface area (Å²) in [6, 6.07) is 52.9. The van der Waals surface area contributed by atoms with Gasteiger partial charge >= 0.3 is 33.6 Å². The van der Waals surface area contributed by atoms with Crippen molar-refractivity contribution in [3.63, 3.8) is 0 Å². The number of pyridine rings is 2. The Morgan fingerprint density at radius 3 is 0.756 bits per heavy atom. The molecule has 2 heterocycles. The summed E-state index contributed by atoms with van der Waals surface area (Å²) in [6.07, 6.45) is 8.04. The molecule has 0 aliphatic rings. The molecule has 0 N–H and O–H groups in total. The fourth-order valence-corrected chi connectivity index (χ4v) is 9.71. The van der Waals surface area contributed by atoms with Crippen LogP contribution in [-0.2, 0) is 84.9 Å². The van der Waals surface area contributed by atoms with Gasteiger partial charge in [-0.3, -0.25) is 20.0 Å². The van der Waals surface area contributed by atoms with Gasteiger partial charge in [-0.2, -0.15) is 0 Å². The van der Waals surface area contributed by atoms with Crippen molar-refractivity contribution in [2.24, 2.45) is 20.0 Å². The molecule has 2 aromatic heterocycles. The molecule has 0 amide bonds. The van der Waals surface area contributed by atoms with Crippen LogP contribution < -0.4 is 10.2 Å². The molecule has 0 aliphatic heterocycles. The molecule has 10 heteroatoms. The van der Waals surface area contributed by atoms with Crippen LogP contribution in [-0.4, -0.2) is 32.8 Å². The molecule has 0 unspecified atom stereocenters. The Kier molecular flexibility index (Phi) is 25.3. The largest absolute Gasteiger partial charge is 1.00 e. The van der Waals surface area contributed by atoms with E-state index in [1.165, 1.54) is 44.5 Å². The fourth-order valence-electron chi connectivity index (χ4n) is 9.71. The number of aromatic nitrogens is 2. The minimum Gasteiger partial charge on any atom is -0.872 e. The summed E-state index contributed by atoms with van der Waals surface area (Å²) < 4.78 is 0. The maximum atomic E-state index is 11.8. The molecule has 7 aromatic carbocycles. The first-order valence-corrected chi connectivity index (χ1v) is 28.7. The van der Waals surface area contributed by atoms with E-state index in [-0.39, 0.29) is 33.6 Å². The van der Waals surface area contributed by atoms with Gasteiger partial charge < -0.3 is 10.2 Å². The smallest absolute Gasteiger partial charge is 0.872 e. The van der Waals surface area contributed by atoms with Gasteiger partial charge in [-0.1, -0.05) is 165 Å². The monoisotopic (exact) mass is 1180 g/mol. The van der Waals surface area contributed by atoms with E-state index in [0.717, 1.165) is 131 Å². The van der Waals surface area contributed by atoms with Crippen molar-refractivity contribution >= 4 is 67.1 Å². The second-order valence-corrected chi connectivity index (χ2v) is 20.0. The molecule has 8 nitrogen and oxygen atoms in total. The normalized spacial score (nSPS) is 11.8. The second-order valence-electron chi connectivity index (χ2n) is 20.0. The first-order chi connectivity index (χ1) is 38.8. The molecular formula is C72H78Co2N6O2. The zero-order chi connectivity index (χ0) is 57.3. The van der Waals surface area contributed by atoms with Crippen LogP contribution in [0.1, 0.15) is 150 Å². The number of fused-ring (bicyclic) bond motifs is 3. The second kappa shape index (κ2) is 31.8. The summed E-state index contributed by atoms with van der Waals surface area (Å²) >= 11 is 0. The topological polar surface area (TPSA) is 121 Å². The van der Waals surface area contributed by atoms with Gasteiger partial charge in [0.05, 0.1) is 68.4 Å². The number of nitrogens with zero attached hydrogens (tertiary/aromatic N) is 6. The van der Waals surface area contributed by atoms with Crippen LogP contribution in [0.4, 0.5) is 22.7 Å². The van der Waals surface area contributed by atoms with Crippen molar-refractivity contribution in [1.82, 2.24) is 9.97 Å². The van der Waals surface area contributed by atoms with E-state index in [2.05, 4.69) is 128 Å². The SMILES string of the molecule is CCc1ccc(N=C(C)c2cccc(C(C)=Nc3ccc(CC)cc3CC)n2)c(CC)c1.CCc1ccc(N=C(C)c2cccc(C(C)=Nc3ccc(CC)cc3CC)n2)c(CC)c1.[Co+].[Co+].[O-]c1c([O-])c2ccccc2c2ccccc12. The Morgan fingerprint density at radius 2 is 0.537 bits per heavy atom. The standard InChI is InChI=1S/2C29H35N3.C14H10O2.2Co/c2*1-7-22-14-16-28(24(9-3)18-22)30-20(5)26-12-11-13-27(32-26)21(6)31-29-17-15-23(8-2)19-25(29)10-4;15-13-11-7-3-1-5-9(11)10-6-2-4-8-12(10)14(13)16;;/h2*11-19H,7-10H2,1-6H3;1-8,15-16H;;/q;;;2*+1/p-2. The van der Waals surface area contributed by atoms with E-state index in [0.29, 0.717) is 10.8 Å². The number of aryl methyl sites for hydroxylation is 8. The average molecular weight is 1180 g/mol. The van der Waals surface area contributed by atoms with Crippen LogP contribution >= 0.6 is 0 Å². The number of rotatable bonds is 16. The van der Waals surface area contributed by atoms with E-state index < -0.39 is 11.5 Å². The first-order valence-electron chi connectivity index (χ1n) is 28.7. The van der Waals surface area contributed by atoms with Crippen LogP contribution in [0.15, 0.2) is 178 Å². The Hall–Kier alpha value is -7.35. The summed E-state index contributed by atoms with van der Waals surface area (Å²) in [5, 5.41) is 26.4. The summed E-state index contributed by atoms with van der Waals surface area (Å²) in [7, 11) is 0. The summed E-state index contributed by atoms with van der Waals surface area (Å²) in [4.78, 5) is 29.4. The number of benzene rings is 7. The van der Waals surface area contributed by atoms with Crippen LogP contribution in [0.25, 0.3) is 21.5 Å². The van der Waals surface area contributed by atoms with Crippen molar-refractivity contribution in [3.8, 4) is 11.5 Å². The van der Waals surface area contributed by atoms with Gasteiger partial charge in [-0.15, -0.1) is 11.5 Å². The van der Waals surface area contributed by atoms with E-state index in [4.69, 9.17) is 29.9 Å². The van der Waals surface area contributed by atoms with Gasteiger partial charge in [0.1, 0.15) is 0 Å². The zero-order valence-electron chi connectivity index (χ0n) is 49.8. The minimum absolute atomic E-state index is 0. The van der Waals surface area contributed by atoms with Gasteiger partial charge in [0.25, 0.3) is 0 Å². The van der Waals surface area contributed by atoms with Crippen LogP contribution in [0.2, 0.25) is 0 Å². The Labute approximate surface area is 508 Å². The van der Waals surface area contributed by atoms with Gasteiger partial charge in [0.2, 0.25) is 0 Å². The van der Waals surface area contributed by atoms with Crippen LogP contribution in [0.3, 0.4) is 0 Å². The van der Waals surface area contributed by atoms with E-state index in [1.54, 1.807) is 24.3 Å². The molecule has 9 rings (SSSR count). The molecule has 9 aromatic rings. The van der Waals surface area contributed by atoms with Crippen molar-refractivity contribution in [1.29, 1.82) is 0 Å². The van der Waals surface area contributed by atoms with Gasteiger partial charge in [-0.05, 0) is 194 Å². The predicted octanol–water partition coefficient (Wildman–Crippen LogP) is 17.4. The summed E-state index contributed by atoms with van der Waals surface area (Å²) in [5.74, 6) is -0.816. The quantitative estimate of drug-likeness (QED) is 0.0706. The third-order valence-corrected chi connectivity index (χ3v) is 14.7. The molecule has 426 valence electrons. The van der Waals surface area contributed by atoms with Crippen molar-refractivity contribution in [3.05, 3.63) is 225 Å². The van der Waals surface area contributed by atoms with Gasteiger partial charge in [0, 0.05) is 0 Å². The minimum atomic E-state index is -0.408. The van der Waals surface area contributed by atoms with Gasteiger partial charge in [0.15, 0.2) is 0 Å². The Balaban J connectivity index is 0.000000234. The van der Waals surface area contributed by atoms with E-state index in [1.807, 2.05) is 88.4 Å². The maximum absolute atomic E-state index is 11.8. The number of aliphatic imine (C=N–C) groups is 4. The zero-order valence-corrected chi connectivity index (χ0v) is 51.9. The molecule has 0 spiro atoms. The molecule has 0 saturated heterocycles. The molecule has 0 aliphatic carbocycles. The predicted molar refractivity (Wildman–Crippen MR) is 337 cm³/mol. The summed E-state index contributed by atoms with van der Waals surface area (Å²) in [6.45, 7) is 25.6. The third-order valence-electron chi connectivity index (χ3n) is 14.7. The van der Waals surface area contributed by atoms with E-state index in [9.17, 15) is 10.2 Å². The molecule has 0 bridgehead atoms. The van der Waals surface area contributed by atoms with Crippen LogP contribution in [0.5, 0.6) is 11.5 Å². The maximum Gasteiger partial charge on any atom is 1.00 e. The molecule has 0 radical (unpaired) electrons.